The lowest BCUT2D eigenvalue weighted by Gasteiger charge is -2.39. The molecule has 0 aromatic carbocycles. The maximum atomic E-state index is 4.65. The van der Waals surface area contributed by atoms with Crippen LogP contribution in [-0.2, 0) is 0 Å². The van der Waals surface area contributed by atoms with E-state index >= 15 is 0 Å². The molecule has 0 unspecified atom stereocenters. The quantitative estimate of drug-likeness (QED) is 0.728. The molecule has 4 rings (SSSR count). The molecular weight excluding hydrogens is 278 g/mol. The molecule has 4 heterocycles. The van der Waals surface area contributed by atoms with E-state index < -0.39 is 0 Å². The highest BCUT2D eigenvalue weighted by molar-refractivity contribution is 5.54. The van der Waals surface area contributed by atoms with E-state index in [9.17, 15) is 0 Å². The van der Waals surface area contributed by atoms with Gasteiger partial charge in [0.1, 0.15) is 11.5 Å². The van der Waals surface area contributed by atoms with Crippen LogP contribution in [0.1, 0.15) is 11.7 Å². The second-order valence-electron chi connectivity index (χ2n) is 5.35. The fourth-order valence-electron chi connectivity index (χ4n) is 2.55. The maximum Gasteiger partial charge on any atom is 0.180 e. The smallest absolute Gasteiger partial charge is 0.180 e. The minimum Gasteiger partial charge on any atom is -0.352 e. The lowest BCUT2D eigenvalue weighted by Crippen LogP contribution is -2.48. The summed E-state index contributed by atoms with van der Waals surface area (Å²) in [6.07, 6.45) is 5.36. The van der Waals surface area contributed by atoms with Crippen LogP contribution in [-0.4, -0.2) is 43.0 Å². The molecule has 1 saturated heterocycles. The van der Waals surface area contributed by atoms with Gasteiger partial charge in [-0.05, 0) is 19.1 Å². The van der Waals surface area contributed by atoms with Gasteiger partial charge in [0.05, 0.1) is 12.2 Å². The Bertz CT molecular complexity index is 764. The Morgan fingerprint density at radius 2 is 2.05 bits per heavy atom. The van der Waals surface area contributed by atoms with Crippen molar-refractivity contribution in [2.45, 2.75) is 13.0 Å². The fraction of sp³-hybridized carbons (Fsp3) is 0.267. The van der Waals surface area contributed by atoms with Crippen LogP contribution >= 0.6 is 0 Å². The molecule has 0 N–H and O–H groups in total. The Morgan fingerprint density at radius 1 is 1.14 bits per heavy atom. The van der Waals surface area contributed by atoms with Gasteiger partial charge >= 0.3 is 0 Å². The third-order valence-electron chi connectivity index (χ3n) is 3.74. The first-order valence-electron chi connectivity index (χ1n) is 7.17. The highest BCUT2D eigenvalue weighted by atomic mass is 15.5. The van der Waals surface area contributed by atoms with Crippen LogP contribution in [0.5, 0.6) is 0 Å². The molecule has 0 aliphatic carbocycles. The Morgan fingerprint density at radius 3 is 2.77 bits per heavy atom. The highest BCUT2D eigenvalue weighted by Gasteiger charge is 2.30. The molecule has 1 aliphatic rings. The summed E-state index contributed by atoms with van der Waals surface area (Å²) < 4.78 is 1.89. The van der Waals surface area contributed by atoms with Gasteiger partial charge in [-0.1, -0.05) is 11.3 Å². The summed E-state index contributed by atoms with van der Waals surface area (Å²) in [5.41, 5.74) is 1.73. The summed E-state index contributed by atoms with van der Waals surface area (Å²) in [6.45, 7) is 3.73. The summed E-state index contributed by atoms with van der Waals surface area (Å²) in [5.74, 6) is 1.60. The molecule has 0 atom stereocenters. The zero-order chi connectivity index (χ0) is 14.9. The normalized spacial score (nSPS) is 14.9. The van der Waals surface area contributed by atoms with Gasteiger partial charge in [-0.25, -0.2) is 14.6 Å². The number of anilines is 1. The second-order valence-corrected chi connectivity index (χ2v) is 5.35. The van der Waals surface area contributed by atoms with Crippen molar-refractivity contribution in [1.29, 1.82) is 0 Å². The molecule has 0 saturated carbocycles. The van der Waals surface area contributed by atoms with E-state index in [-0.39, 0.29) is 0 Å². The molecule has 3 aromatic heterocycles. The van der Waals surface area contributed by atoms with Crippen molar-refractivity contribution in [3.05, 3.63) is 48.5 Å². The van der Waals surface area contributed by atoms with Gasteiger partial charge in [0.25, 0.3) is 0 Å². The number of aryl methyl sites for hydroxylation is 1. The topological polar surface area (TPSA) is 72.6 Å². The predicted octanol–water partition coefficient (Wildman–Crippen LogP) is 1.50. The van der Waals surface area contributed by atoms with Crippen molar-refractivity contribution >= 4 is 5.82 Å². The third kappa shape index (κ3) is 2.30. The minimum absolute atomic E-state index is 0.357. The summed E-state index contributed by atoms with van der Waals surface area (Å²) in [5, 5.41) is 7.90. The van der Waals surface area contributed by atoms with Crippen molar-refractivity contribution in [3.63, 3.8) is 0 Å². The van der Waals surface area contributed by atoms with E-state index in [0.717, 1.165) is 30.3 Å². The van der Waals surface area contributed by atoms with Crippen LogP contribution in [0, 0.1) is 6.92 Å². The first-order valence-corrected chi connectivity index (χ1v) is 7.17. The van der Waals surface area contributed by atoms with E-state index in [2.05, 4.69) is 30.2 Å². The fourth-order valence-corrected chi connectivity index (χ4v) is 2.55. The summed E-state index contributed by atoms with van der Waals surface area (Å²) in [7, 11) is 0. The Labute approximate surface area is 127 Å². The van der Waals surface area contributed by atoms with E-state index in [1.807, 2.05) is 42.1 Å². The number of rotatable bonds is 3. The van der Waals surface area contributed by atoms with Gasteiger partial charge in [0.15, 0.2) is 5.82 Å². The van der Waals surface area contributed by atoms with Crippen LogP contribution in [0.2, 0.25) is 0 Å². The molecule has 0 bridgehead atoms. The average molecular weight is 293 g/mol. The molecule has 1 fully saturated rings. The molecule has 0 spiro atoms. The average Bonchev–Trinajstić information content (AvgIpc) is 3.00. The SMILES string of the molecule is Cc1cc(N2CC(n3ccnn3)C2)nc(-c2ccccn2)n1. The second kappa shape index (κ2) is 5.18. The van der Waals surface area contributed by atoms with Crippen LogP contribution in [0.15, 0.2) is 42.9 Å². The van der Waals surface area contributed by atoms with Crippen LogP contribution in [0.25, 0.3) is 11.5 Å². The van der Waals surface area contributed by atoms with E-state index in [1.165, 1.54) is 0 Å². The lowest BCUT2D eigenvalue weighted by atomic mass is 10.1. The molecule has 110 valence electrons. The van der Waals surface area contributed by atoms with E-state index in [4.69, 9.17) is 0 Å². The van der Waals surface area contributed by atoms with Crippen molar-refractivity contribution in [2.75, 3.05) is 18.0 Å². The minimum atomic E-state index is 0.357. The molecule has 0 amide bonds. The first kappa shape index (κ1) is 12.9. The van der Waals surface area contributed by atoms with Crippen LogP contribution in [0.3, 0.4) is 0 Å². The van der Waals surface area contributed by atoms with Gasteiger partial charge < -0.3 is 4.90 Å². The Kier molecular flexibility index (Phi) is 3.03. The van der Waals surface area contributed by atoms with Gasteiger partial charge in [-0.15, -0.1) is 5.10 Å². The zero-order valence-electron chi connectivity index (χ0n) is 12.2. The Balaban J connectivity index is 1.57. The summed E-state index contributed by atoms with van der Waals surface area (Å²) in [4.78, 5) is 15.7. The largest absolute Gasteiger partial charge is 0.352 e. The van der Waals surface area contributed by atoms with Crippen molar-refractivity contribution < 1.29 is 0 Å². The van der Waals surface area contributed by atoms with Crippen LogP contribution < -0.4 is 4.90 Å². The van der Waals surface area contributed by atoms with Crippen molar-refractivity contribution in [2.24, 2.45) is 0 Å². The standard InChI is InChI=1S/C15H15N7/c1-11-8-14(19-15(18-11)13-4-2-3-5-16-13)21-9-12(10-21)22-7-6-17-20-22/h2-8,12H,9-10H2,1H3. The van der Waals surface area contributed by atoms with Gasteiger partial charge in [-0.3, -0.25) is 4.98 Å². The monoisotopic (exact) mass is 293 g/mol. The van der Waals surface area contributed by atoms with Gasteiger partial charge in [-0.2, -0.15) is 0 Å². The number of aromatic nitrogens is 6. The summed E-state index contributed by atoms with van der Waals surface area (Å²) in [6, 6.07) is 8.11. The molecule has 7 heteroatoms. The van der Waals surface area contributed by atoms with Gasteiger partial charge in [0.2, 0.25) is 0 Å². The highest BCUT2D eigenvalue weighted by Crippen LogP contribution is 2.27. The third-order valence-corrected chi connectivity index (χ3v) is 3.74. The van der Waals surface area contributed by atoms with Crippen LogP contribution in [0.4, 0.5) is 5.82 Å². The first-order chi connectivity index (χ1) is 10.8. The number of hydrogen-bond acceptors (Lipinski definition) is 6. The molecule has 7 nitrogen and oxygen atoms in total. The molecule has 1 aliphatic heterocycles. The van der Waals surface area contributed by atoms with E-state index in [1.54, 1.807) is 12.4 Å². The van der Waals surface area contributed by atoms with Crippen molar-refractivity contribution in [1.82, 2.24) is 29.9 Å². The molecule has 22 heavy (non-hydrogen) atoms. The molecule has 3 aromatic rings. The molecule has 0 radical (unpaired) electrons. The maximum absolute atomic E-state index is 4.65. The number of hydrogen-bond donors (Lipinski definition) is 0. The summed E-state index contributed by atoms with van der Waals surface area (Å²) >= 11 is 0. The lowest BCUT2D eigenvalue weighted by molar-refractivity contribution is 0.359. The number of pyridine rings is 1. The van der Waals surface area contributed by atoms with Crippen molar-refractivity contribution in [3.8, 4) is 11.5 Å². The zero-order valence-corrected chi connectivity index (χ0v) is 12.2. The van der Waals surface area contributed by atoms with Gasteiger partial charge in [0, 0.05) is 37.2 Å². The predicted molar refractivity (Wildman–Crippen MR) is 81.3 cm³/mol. The number of nitrogens with zero attached hydrogens (tertiary/aromatic N) is 7. The Hall–Kier alpha value is -2.83. The van der Waals surface area contributed by atoms with E-state index in [0.29, 0.717) is 11.9 Å². The molecular formula is C15H15N7.